The fourth-order valence-electron chi connectivity index (χ4n) is 2.81. The molecule has 96 valence electrons. The molecule has 0 saturated carbocycles. The molecule has 0 unspecified atom stereocenters. The van der Waals surface area contributed by atoms with Crippen molar-refractivity contribution in [2.45, 2.75) is 58.0 Å². The maximum Gasteiger partial charge on any atom is 0.106 e. The van der Waals surface area contributed by atoms with Crippen LogP contribution >= 0.6 is 0 Å². The summed E-state index contributed by atoms with van der Waals surface area (Å²) < 4.78 is 0. The van der Waals surface area contributed by atoms with Gasteiger partial charge in [-0.3, -0.25) is 4.90 Å². The Morgan fingerprint density at radius 3 is 1.82 bits per heavy atom. The third-order valence-corrected chi connectivity index (χ3v) is 5.09. The fourth-order valence-corrected chi connectivity index (χ4v) is 2.81. The van der Waals surface area contributed by atoms with Gasteiger partial charge in [0.25, 0.3) is 0 Å². The van der Waals surface area contributed by atoms with E-state index in [0.29, 0.717) is 0 Å². The molecule has 0 bridgehead atoms. The summed E-state index contributed by atoms with van der Waals surface area (Å²) in [5.74, 6) is 0. The van der Waals surface area contributed by atoms with E-state index < -0.39 is 0 Å². The molecule has 4 heteroatoms. The van der Waals surface area contributed by atoms with E-state index in [-0.39, 0.29) is 16.5 Å². The summed E-state index contributed by atoms with van der Waals surface area (Å²) in [4.78, 5) is 4.11. The van der Waals surface area contributed by atoms with Gasteiger partial charge in [-0.2, -0.15) is 15.0 Å². The summed E-state index contributed by atoms with van der Waals surface area (Å²) >= 11 is 0. The number of aromatic nitrogens is 3. The summed E-state index contributed by atoms with van der Waals surface area (Å²) in [6, 6.07) is 0. The topological polar surface area (TPSA) is 34.0 Å². The Bertz CT molecular complexity index is 454. The lowest BCUT2D eigenvalue weighted by molar-refractivity contribution is -0.0270. The lowest BCUT2D eigenvalue weighted by atomic mass is 9.64. The molecule has 17 heavy (non-hydrogen) atoms. The smallest absolute Gasteiger partial charge is 0.106 e. The third-order valence-electron chi connectivity index (χ3n) is 5.09. The lowest BCUT2D eigenvalue weighted by Gasteiger charge is -2.57. The summed E-state index contributed by atoms with van der Waals surface area (Å²) in [5, 5.41) is 9.19. The predicted octanol–water partition coefficient (Wildman–Crippen LogP) is 2.05. The van der Waals surface area contributed by atoms with Crippen molar-refractivity contribution in [3.05, 3.63) is 11.4 Å². The van der Waals surface area contributed by atoms with Crippen LogP contribution in [0.15, 0.2) is 0 Å². The molecule has 0 aromatic carbocycles. The highest BCUT2D eigenvalue weighted by Crippen LogP contribution is 2.49. The molecule has 0 atom stereocenters. The van der Waals surface area contributed by atoms with Crippen molar-refractivity contribution >= 4 is 0 Å². The number of rotatable bonds is 0. The summed E-state index contributed by atoms with van der Waals surface area (Å²) in [5.41, 5.74) is 2.18. The van der Waals surface area contributed by atoms with E-state index in [0.717, 1.165) is 11.4 Å². The Kier molecular flexibility index (Phi) is 2.29. The SMILES string of the molecule is CN1C(C)(C)c2nn(C)nc2C(C)(C)C1(C)C. The Hall–Kier alpha value is -0.900. The molecule has 0 aliphatic carbocycles. The van der Waals surface area contributed by atoms with Crippen molar-refractivity contribution in [3.63, 3.8) is 0 Å². The molecular formula is C13H24N4. The molecule has 2 heterocycles. The van der Waals surface area contributed by atoms with Gasteiger partial charge in [0.15, 0.2) is 0 Å². The average molecular weight is 236 g/mol. The largest absolute Gasteiger partial charge is 0.289 e. The van der Waals surface area contributed by atoms with Gasteiger partial charge in [0, 0.05) is 18.0 Å². The number of fused-ring (bicyclic) bond motifs is 1. The maximum atomic E-state index is 4.61. The van der Waals surface area contributed by atoms with E-state index in [1.807, 2.05) is 7.05 Å². The molecule has 0 radical (unpaired) electrons. The minimum Gasteiger partial charge on any atom is -0.289 e. The van der Waals surface area contributed by atoms with E-state index in [9.17, 15) is 0 Å². The summed E-state index contributed by atoms with van der Waals surface area (Å²) in [6.07, 6.45) is 0. The van der Waals surface area contributed by atoms with E-state index in [4.69, 9.17) is 0 Å². The van der Waals surface area contributed by atoms with Gasteiger partial charge >= 0.3 is 0 Å². The number of hydrogen-bond donors (Lipinski definition) is 0. The second-order valence-corrected chi connectivity index (χ2v) is 6.69. The normalized spacial score (nSPS) is 25.6. The molecule has 0 N–H and O–H groups in total. The quantitative estimate of drug-likeness (QED) is 0.691. The number of aryl methyl sites for hydroxylation is 1. The first-order valence-corrected chi connectivity index (χ1v) is 6.19. The van der Waals surface area contributed by atoms with Gasteiger partial charge in [-0.15, -0.1) is 0 Å². The van der Waals surface area contributed by atoms with Crippen LogP contribution in [0.3, 0.4) is 0 Å². The lowest BCUT2D eigenvalue weighted by Crippen LogP contribution is -2.64. The highest BCUT2D eigenvalue weighted by Gasteiger charge is 2.55. The van der Waals surface area contributed by atoms with E-state index in [1.165, 1.54) is 0 Å². The predicted molar refractivity (Wildman–Crippen MR) is 68.9 cm³/mol. The molecule has 1 aliphatic heterocycles. The van der Waals surface area contributed by atoms with Crippen molar-refractivity contribution < 1.29 is 0 Å². The van der Waals surface area contributed by atoms with Crippen LogP contribution in [0.25, 0.3) is 0 Å². The van der Waals surface area contributed by atoms with Crippen molar-refractivity contribution in [2.24, 2.45) is 7.05 Å². The molecule has 0 saturated heterocycles. The monoisotopic (exact) mass is 236 g/mol. The molecular weight excluding hydrogens is 212 g/mol. The molecule has 1 aliphatic rings. The van der Waals surface area contributed by atoms with Crippen LogP contribution in [0, 0.1) is 0 Å². The number of likely N-dealkylation sites (N-methyl/N-ethyl adjacent to an activating group) is 1. The van der Waals surface area contributed by atoms with Gasteiger partial charge in [-0.05, 0) is 34.7 Å². The first-order chi connectivity index (χ1) is 7.53. The Balaban J connectivity index is 2.77. The Morgan fingerprint density at radius 2 is 1.29 bits per heavy atom. The maximum absolute atomic E-state index is 4.61. The average Bonchev–Trinajstić information content (AvgIpc) is 2.58. The van der Waals surface area contributed by atoms with Gasteiger partial charge in [0.1, 0.15) is 5.69 Å². The van der Waals surface area contributed by atoms with Crippen molar-refractivity contribution in [3.8, 4) is 0 Å². The van der Waals surface area contributed by atoms with Crippen LogP contribution in [-0.2, 0) is 18.0 Å². The van der Waals surface area contributed by atoms with Crippen molar-refractivity contribution in [1.29, 1.82) is 0 Å². The number of nitrogens with zero attached hydrogens (tertiary/aromatic N) is 4. The van der Waals surface area contributed by atoms with Gasteiger partial charge in [-0.25, -0.2) is 0 Å². The second-order valence-electron chi connectivity index (χ2n) is 6.69. The number of hydrogen-bond acceptors (Lipinski definition) is 3. The van der Waals surface area contributed by atoms with E-state index in [1.54, 1.807) is 4.80 Å². The highest BCUT2D eigenvalue weighted by atomic mass is 15.5. The molecule has 4 nitrogen and oxygen atoms in total. The Morgan fingerprint density at radius 1 is 0.824 bits per heavy atom. The van der Waals surface area contributed by atoms with Gasteiger partial charge < -0.3 is 0 Å². The zero-order valence-electron chi connectivity index (χ0n) is 12.3. The van der Waals surface area contributed by atoms with Crippen LogP contribution in [0.2, 0.25) is 0 Å². The van der Waals surface area contributed by atoms with Crippen LogP contribution in [0.4, 0.5) is 0 Å². The van der Waals surface area contributed by atoms with Crippen LogP contribution in [0.5, 0.6) is 0 Å². The van der Waals surface area contributed by atoms with E-state index in [2.05, 4.69) is 63.7 Å². The summed E-state index contributed by atoms with van der Waals surface area (Å²) in [6.45, 7) is 13.5. The zero-order chi connectivity index (χ0) is 13.2. The molecule has 0 amide bonds. The van der Waals surface area contributed by atoms with Crippen LogP contribution in [0.1, 0.15) is 52.9 Å². The van der Waals surface area contributed by atoms with Crippen molar-refractivity contribution in [2.75, 3.05) is 7.05 Å². The Labute approximate surface area is 104 Å². The standard InChI is InChI=1S/C13H24N4/c1-11(2)9-10(15-17(8)14-9)12(3,4)16(7)13(11,5)6/h1-8H3. The van der Waals surface area contributed by atoms with Crippen LogP contribution in [-0.4, -0.2) is 32.5 Å². The second kappa shape index (κ2) is 3.10. The first kappa shape index (κ1) is 12.6. The third kappa shape index (κ3) is 1.33. The minimum absolute atomic E-state index is 0.0130. The van der Waals surface area contributed by atoms with Gasteiger partial charge in [-0.1, -0.05) is 13.8 Å². The van der Waals surface area contributed by atoms with Gasteiger partial charge in [0.2, 0.25) is 0 Å². The van der Waals surface area contributed by atoms with Crippen molar-refractivity contribution in [1.82, 2.24) is 19.9 Å². The molecule has 1 aromatic rings. The fraction of sp³-hybridized carbons (Fsp3) is 0.846. The summed E-state index contributed by atoms with van der Waals surface area (Å²) in [7, 11) is 4.08. The van der Waals surface area contributed by atoms with Crippen LogP contribution < -0.4 is 0 Å². The highest BCUT2D eigenvalue weighted by molar-refractivity contribution is 5.34. The molecule has 1 aromatic heterocycles. The van der Waals surface area contributed by atoms with Gasteiger partial charge in [0.05, 0.1) is 11.2 Å². The van der Waals surface area contributed by atoms with E-state index >= 15 is 0 Å². The first-order valence-electron chi connectivity index (χ1n) is 6.19. The zero-order valence-corrected chi connectivity index (χ0v) is 12.3. The molecule has 2 rings (SSSR count). The minimum atomic E-state index is -0.0807. The molecule has 0 fully saturated rings. The molecule has 0 spiro atoms.